The highest BCUT2D eigenvalue weighted by atomic mass is 15.1. The van der Waals surface area contributed by atoms with Crippen LogP contribution in [0.25, 0.3) is 38.6 Å². The predicted octanol–water partition coefficient (Wildman–Crippen LogP) is 12.0. The molecule has 0 aliphatic heterocycles. The van der Waals surface area contributed by atoms with Crippen molar-refractivity contribution >= 4 is 38.9 Å². The van der Waals surface area contributed by atoms with E-state index in [2.05, 4.69) is 155 Å². The number of hydrogen-bond acceptors (Lipinski definition) is 1. The van der Waals surface area contributed by atoms with E-state index in [0.29, 0.717) is 0 Å². The Balaban J connectivity index is 1.12. The van der Waals surface area contributed by atoms with Gasteiger partial charge in [-0.25, -0.2) is 0 Å². The Morgan fingerprint density at radius 2 is 1.06 bits per heavy atom. The van der Waals surface area contributed by atoms with Crippen LogP contribution in [0.15, 0.2) is 146 Å². The molecule has 0 atom stereocenters. The van der Waals surface area contributed by atoms with Crippen molar-refractivity contribution in [1.29, 1.82) is 0 Å². The van der Waals surface area contributed by atoms with Gasteiger partial charge in [-0.05, 0) is 133 Å². The topological polar surface area (TPSA) is 8.17 Å². The van der Waals surface area contributed by atoms with Gasteiger partial charge in [-0.15, -0.1) is 0 Å². The Bertz CT molecular complexity index is 2340. The Kier molecular flexibility index (Phi) is 5.59. The van der Waals surface area contributed by atoms with E-state index in [4.69, 9.17) is 0 Å². The maximum Gasteiger partial charge on any atom is 0.0561 e. The van der Waals surface area contributed by atoms with Gasteiger partial charge in [0.25, 0.3) is 0 Å². The molecule has 4 saturated carbocycles. The van der Waals surface area contributed by atoms with Gasteiger partial charge < -0.3 is 9.47 Å². The molecule has 5 aliphatic carbocycles. The van der Waals surface area contributed by atoms with Gasteiger partial charge in [0.15, 0.2) is 0 Å². The quantitative estimate of drug-likeness (QED) is 0.190. The summed E-state index contributed by atoms with van der Waals surface area (Å²) in [6, 6.07) is 54.5. The molecular weight excluding hydrogens is 581 g/mol. The monoisotopic (exact) mass is 618 g/mol. The molecule has 2 heteroatoms. The smallest absolute Gasteiger partial charge is 0.0561 e. The summed E-state index contributed by atoms with van der Waals surface area (Å²) in [4.78, 5) is 2.47. The maximum absolute atomic E-state index is 2.54. The summed E-state index contributed by atoms with van der Waals surface area (Å²) in [5.74, 6) is 3.44. The van der Waals surface area contributed by atoms with Crippen molar-refractivity contribution in [3.63, 3.8) is 0 Å². The highest BCUT2D eigenvalue weighted by molar-refractivity contribution is 6.10. The van der Waals surface area contributed by atoms with Crippen LogP contribution in [-0.2, 0) is 5.41 Å². The number of anilines is 3. The fraction of sp³-hybridized carbons (Fsp3) is 0.217. The summed E-state index contributed by atoms with van der Waals surface area (Å²) in [7, 11) is 0. The largest absolute Gasteiger partial charge is 0.310 e. The second-order valence-electron chi connectivity index (χ2n) is 15.0. The van der Waals surface area contributed by atoms with Crippen molar-refractivity contribution < 1.29 is 0 Å². The molecule has 4 bridgehead atoms. The van der Waals surface area contributed by atoms with Crippen molar-refractivity contribution in [2.24, 2.45) is 23.7 Å². The SMILES string of the molecule is c1ccc(N(c2ccc3c(c2)-c2ccccc2C32C3CC4CC(C3)CC2C4)c2ccc3c4ccccc4n(-c4ccccc4)c3c2)cc1. The van der Waals surface area contributed by atoms with Gasteiger partial charge in [0.05, 0.1) is 11.0 Å². The second kappa shape index (κ2) is 9.97. The predicted molar refractivity (Wildman–Crippen MR) is 199 cm³/mol. The molecule has 0 saturated heterocycles. The Hall–Kier alpha value is -5.08. The van der Waals surface area contributed by atoms with E-state index in [-0.39, 0.29) is 5.41 Å². The molecule has 7 aromatic rings. The Morgan fingerprint density at radius 1 is 0.458 bits per heavy atom. The third kappa shape index (κ3) is 3.58. The van der Waals surface area contributed by atoms with E-state index >= 15 is 0 Å². The molecule has 2 nitrogen and oxygen atoms in total. The number of benzene rings is 6. The zero-order valence-corrected chi connectivity index (χ0v) is 27.1. The first-order valence-corrected chi connectivity index (χ1v) is 18.0. The van der Waals surface area contributed by atoms with Crippen LogP contribution in [0, 0.1) is 23.7 Å². The number of para-hydroxylation sites is 3. The molecule has 0 unspecified atom stereocenters. The molecule has 12 rings (SSSR count). The van der Waals surface area contributed by atoms with Crippen LogP contribution in [0.4, 0.5) is 17.1 Å². The van der Waals surface area contributed by atoms with Crippen LogP contribution in [0.1, 0.15) is 43.2 Å². The van der Waals surface area contributed by atoms with Crippen LogP contribution < -0.4 is 4.90 Å². The van der Waals surface area contributed by atoms with Crippen molar-refractivity contribution in [2.75, 3.05) is 4.90 Å². The molecule has 5 aliphatic rings. The first-order chi connectivity index (χ1) is 23.8. The molecule has 48 heavy (non-hydrogen) atoms. The van der Waals surface area contributed by atoms with Gasteiger partial charge >= 0.3 is 0 Å². The summed E-state index contributed by atoms with van der Waals surface area (Å²) in [6.45, 7) is 0. The summed E-state index contributed by atoms with van der Waals surface area (Å²) < 4.78 is 2.42. The standard InChI is InChI=1S/C46H38N2/c1-3-11-34(12-4-1)47(37-19-21-40-39-16-8-10-18-44(39)48(45(40)29-37)35-13-5-2-6-14-35)36-20-22-43-41(28-36)38-15-7-9-17-42(38)46(43)32-24-30-23-31(26-32)27-33(46)25-30/h1-22,28-33H,23-27H2. The molecule has 1 aromatic heterocycles. The number of fused-ring (bicyclic) bond motifs is 6. The zero-order chi connectivity index (χ0) is 31.4. The van der Waals surface area contributed by atoms with E-state index in [0.717, 1.165) is 23.7 Å². The lowest BCUT2D eigenvalue weighted by Crippen LogP contribution is -2.55. The maximum atomic E-state index is 2.54. The molecule has 0 radical (unpaired) electrons. The van der Waals surface area contributed by atoms with Gasteiger partial charge in [-0.1, -0.05) is 91.0 Å². The third-order valence-corrected chi connectivity index (χ3v) is 12.7. The minimum Gasteiger partial charge on any atom is -0.310 e. The summed E-state index contributed by atoms with van der Waals surface area (Å²) >= 11 is 0. The summed E-state index contributed by atoms with van der Waals surface area (Å²) in [6.07, 6.45) is 7.13. The number of aromatic nitrogens is 1. The van der Waals surface area contributed by atoms with E-state index in [9.17, 15) is 0 Å². The van der Waals surface area contributed by atoms with Gasteiger partial charge in [-0.3, -0.25) is 0 Å². The van der Waals surface area contributed by atoms with E-state index in [1.165, 1.54) is 87.8 Å². The molecule has 6 aromatic carbocycles. The highest BCUT2D eigenvalue weighted by Gasteiger charge is 2.61. The van der Waals surface area contributed by atoms with E-state index in [1.54, 1.807) is 11.1 Å². The molecular formula is C46H38N2. The van der Waals surface area contributed by atoms with E-state index < -0.39 is 0 Å². The average Bonchev–Trinajstić information content (AvgIpc) is 3.62. The van der Waals surface area contributed by atoms with Crippen LogP contribution >= 0.6 is 0 Å². The molecule has 232 valence electrons. The minimum atomic E-state index is 0.186. The van der Waals surface area contributed by atoms with E-state index in [1.807, 2.05) is 0 Å². The Morgan fingerprint density at radius 3 is 1.85 bits per heavy atom. The van der Waals surface area contributed by atoms with Crippen LogP contribution in [0.2, 0.25) is 0 Å². The van der Waals surface area contributed by atoms with Gasteiger partial charge in [0, 0.05) is 38.9 Å². The van der Waals surface area contributed by atoms with Crippen molar-refractivity contribution in [3.8, 4) is 16.8 Å². The van der Waals surface area contributed by atoms with Crippen molar-refractivity contribution in [2.45, 2.75) is 37.5 Å². The number of nitrogens with zero attached hydrogens (tertiary/aromatic N) is 2. The Labute approximate surface area is 282 Å². The fourth-order valence-corrected chi connectivity index (χ4v) is 11.3. The van der Waals surface area contributed by atoms with Crippen molar-refractivity contribution in [1.82, 2.24) is 4.57 Å². The highest BCUT2D eigenvalue weighted by Crippen LogP contribution is 2.69. The molecule has 1 heterocycles. The summed E-state index contributed by atoms with van der Waals surface area (Å²) in [5.41, 5.74) is 13.5. The molecule has 4 fully saturated rings. The van der Waals surface area contributed by atoms with Crippen molar-refractivity contribution in [3.05, 3.63) is 157 Å². The lowest BCUT2D eigenvalue weighted by atomic mass is 9.43. The number of hydrogen-bond donors (Lipinski definition) is 0. The molecule has 0 N–H and O–H groups in total. The van der Waals surface area contributed by atoms with Gasteiger partial charge in [-0.2, -0.15) is 0 Å². The zero-order valence-electron chi connectivity index (χ0n) is 27.1. The number of rotatable bonds is 4. The second-order valence-corrected chi connectivity index (χ2v) is 15.0. The lowest BCUT2D eigenvalue weighted by molar-refractivity contribution is -0.0399. The van der Waals surface area contributed by atoms with Gasteiger partial charge in [0.2, 0.25) is 0 Å². The summed E-state index contributed by atoms with van der Waals surface area (Å²) in [5, 5.41) is 2.56. The van der Waals surface area contributed by atoms with Crippen LogP contribution in [-0.4, -0.2) is 4.57 Å². The van der Waals surface area contributed by atoms with Crippen LogP contribution in [0.5, 0.6) is 0 Å². The van der Waals surface area contributed by atoms with Crippen LogP contribution in [0.3, 0.4) is 0 Å². The first-order valence-electron chi connectivity index (χ1n) is 18.0. The minimum absolute atomic E-state index is 0.186. The third-order valence-electron chi connectivity index (χ3n) is 12.7. The fourth-order valence-electron chi connectivity index (χ4n) is 11.3. The first kappa shape index (κ1) is 26.9. The molecule has 1 spiro atoms. The normalized spacial score (nSPS) is 24.8. The lowest BCUT2D eigenvalue weighted by Gasteiger charge is -2.61. The van der Waals surface area contributed by atoms with Gasteiger partial charge in [0.1, 0.15) is 0 Å². The molecule has 0 amide bonds. The average molecular weight is 619 g/mol.